The first kappa shape index (κ1) is 18.3. The smallest absolute Gasteiger partial charge is 0.236 e. The quantitative estimate of drug-likeness (QED) is 0.907. The van der Waals surface area contributed by atoms with Gasteiger partial charge in [0, 0.05) is 30.8 Å². The minimum Gasteiger partial charge on any atom is -0.368 e. The summed E-state index contributed by atoms with van der Waals surface area (Å²) in [6.45, 7) is 1.76. The summed E-state index contributed by atoms with van der Waals surface area (Å²) in [5.74, 6) is 0.123. The molecule has 0 unspecified atom stereocenters. The molecular weight excluding hydrogens is 333 g/mol. The summed E-state index contributed by atoms with van der Waals surface area (Å²) >= 11 is 0. The average Bonchev–Trinajstić information content (AvgIpc) is 2.62. The molecule has 26 heavy (non-hydrogen) atoms. The zero-order valence-electron chi connectivity index (χ0n) is 15.2. The van der Waals surface area contributed by atoms with E-state index in [-0.39, 0.29) is 23.6 Å². The molecule has 138 valence electrons. The summed E-state index contributed by atoms with van der Waals surface area (Å²) < 4.78 is 13.3. The normalized spacial score (nSPS) is 17.5. The number of hydrogen-bond donors (Lipinski definition) is 1. The maximum absolute atomic E-state index is 13.3. The molecule has 1 aromatic carbocycles. The van der Waals surface area contributed by atoms with Crippen LogP contribution in [0.1, 0.15) is 24.5 Å². The van der Waals surface area contributed by atoms with Crippen molar-refractivity contribution in [2.75, 3.05) is 39.5 Å². The predicted octanol–water partition coefficient (Wildman–Crippen LogP) is 2.13. The summed E-state index contributed by atoms with van der Waals surface area (Å²) in [4.78, 5) is 24.8. The topological polar surface area (TPSA) is 75.4 Å². The van der Waals surface area contributed by atoms with Crippen LogP contribution in [0.25, 0.3) is 11.1 Å². The molecule has 0 radical (unpaired) electrons. The van der Waals surface area contributed by atoms with E-state index in [0.717, 1.165) is 36.2 Å². The fraction of sp³-hybridized carbons (Fsp3) is 0.421. The highest BCUT2D eigenvalue weighted by Gasteiger charge is 2.28. The number of rotatable bonds is 4. The Hall–Kier alpha value is -2.54. The number of likely N-dealkylation sites (tertiary alicyclic amines) is 1. The minimum atomic E-state index is -0.287. The Morgan fingerprint density at radius 1 is 1.35 bits per heavy atom. The standard InChI is InChI=1S/C19H24FN5O/c1-24(2)12-17(26)25-9-3-4-14(11-25)18-16(10-22-19(21)23-18)13-5-7-15(20)8-6-13/h5-8,10,14H,3-4,9,11-12H2,1-2H3,(H2,21,22,23)/t14-/m0/s1. The molecule has 1 atom stereocenters. The van der Waals surface area contributed by atoms with Gasteiger partial charge in [-0.25, -0.2) is 14.4 Å². The largest absolute Gasteiger partial charge is 0.368 e. The molecule has 2 aromatic rings. The molecule has 1 aliphatic rings. The number of hydrogen-bond acceptors (Lipinski definition) is 5. The number of anilines is 1. The second-order valence-electron chi connectivity index (χ2n) is 6.95. The van der Waals surface area contributed by atoms with Crippen molar-refractivity contribution in [3.8, 4) is 11.1 Å². The Kier molecular flexibility index (Phi) is 5.46. The number of benzene rings is 1. The van der Waals surface area contributed by atoms with Gasteiger partial charge in [-0.05, 0) is 44.6 Å². The first-order chi connectivity index (χ1) is 12.4. The van der Waals surface area contributed by atoms with Crippen molar-refractivity contribution in [3.63, 3.8) is 0 Å². The molecule has 2 N–H and O–H groups in total. The van der Waals surface area contributed by atoms with Gasteiger partial charge < -0.3 is 15.5 Å². The Labute approximate surface area is 152 Å². The highest BCUT2D eigenvalue weighted by molar-refractivity contribution is 5.78. The van der Waals surface area contributed by atoms with Crippen LogP contribution < -0.4 is 5.73 Å². The van der Waals surface area contributed by atoms with Gasteiger partial charge in [-0.1, -0.05) is 12.1 Å². The molecule has 1 fully saturated rings. The van der Waals surface area contributed by atoms with E-state index in [4.69, 9.17) is 5.73 Å². The number of piperidine rings is 1. The molecule has 6 nitrogen and oxygen atoms in total. The Bertz CT molecular complexity index is 778. The van der Waals surface area contributed by atoms with Crippen molar-refractivity contribution in [1.82, 2.24) is 19.8 Å². The number of nitrogens with zero attached hydrogens (tertiary/aromatic N) is 4. The van der Waals surface area contributed by atoms with Gasteiger partial charge in [-0.3, -0.25) is 4.79 Å². The van der Waals surface area contributed by atoms with Crippen molar-refractivity contribution in [1.29, 1.82) is 0 Å². The molecule has 3 rings (SSSR count). The molecular formula is C19H24FN5O. The molecule has 1 amide bonds. The van der Waals surface area contributed by atoms with Crippen LogP contribution >= 0.6 is 0 Å². The van der Waals surface area contributed by atoms with Gasteiger partial charge in [0.2, 0.25) is 11.9 Å². The van der Waals surface area contributed by atoms with Crippen molar-refractivity contribution < 1.29 is 9.18 Å². The van der Waals surface area contributed by atoms with E-state index in [1.165, 1.54) is 12.1 Å². The summed E-state index contributed by atoms with van der Waals surface area (Å²) in [6, 6.07) is 6.27. The number of halogens is 1. The van der Waals surface area contributed by atoms with E-state index < -0.39 is 0 Å². The van der Waals surface area contributed by atoms with Crippen molar-refractivity contribution in [2.24, 2.45) is 0 Å². The van der Waals surface area contributed by atoms with E-state index in [1.807, 2.05) is 23.9 Å². The van der Waals surface area contributed by atoms with E-state index in [1.54, 1.807) is 18.3 Å². The Morgan fingerprint density at radius 3 is 2.77 bits per heavy atom. The van der Waals surface area contributed by atoms with Crippen LogP contribution in [0.15, 0.2) is 30.5 Å². The van der Waals surface area contributed by atoms with Crippen LogP contribution in [0.2, 0.25) is 0 Å². The molecule has 0 bridgehead atoms. The maximum Gasteiger partial charge on any atom is 0.236 e. The third-order valence-corrected chi connectivity index (χ3v) is 4.60. The number of carbonyl (C=O) groups is 1. The average molecular weight is 357 g/mol. The van der Waals surface area contributed by atoms with Gasteiger partial charge in [0.05, 0.1) is 12.2 Å². The minimum absolute atomic E-state index is 0.0835. The van der Waals surface area contributed by atoms with Gasteiger partial charge in [0.25, 0.3) is 0 Å². The molecule has 2 heterocycles. The summed E-state index contributed by atoms with van der Waals surface area (Å²) in [5.41, 5.74) is 8.34. The van der Waals surface area contributed by atoms with Crippen LogP contribution in [0.5, 0.6) is 0 Å². The van der Waals surface area contributed by atoms with Crippen LogP contribution in [0.3, 0.4) is 0 Å². The zero-order chi connectivity index (χ0) is 18.7. The predicted molar refractivity (Wildman–Crippen MR) is 98.9 cm³/mol. The molecule has 1 aliphatic heterocycles. The van der Waals surface area contributed by atoms with Crippen molar-refractivity contribution in [3.05, 3.63) is 42.0 Å². The second-order valence-corrected chi connectivity index (χ2v) is 6.95. The van der Waals surface area contributed by atoms with Crippen LogP contribution in [0, 0.1) is 5.82 Å². The van der Waals surface area contributed by atoms with E-state index in [0.29, 0.717) is 13.1 Å². The Morgan fingerprint density at radius 2 is 2.08 bits per heavy atom. The zero-order valence-corrected chi connectivity index (χ0v) is 15.2. The van der Waals surface area contributed by atoms with Gasteiger partial charge >= 0.3 is 0 Å². The lowest BCUT2D eigenvalue weighted by Crippen LogP contribution is -2.43. The summed E-state index contributed by atoms with van der Waals surface area (Å²) in [7, 11) is 3.77. The highest BCUT2D eigenvalue weighted by Crippen LogP contribution is 2.33. The fourth-order valence-corrected chi connectivity index (χ4v) is 3.37. The number of amides is 1. The molecule has 0 saturated carbocycles. The van der Waals surface area contributed by atoms with E-state index in [9.17, 15) is 9.18 Å². The first-order valence-corrected chi connectivity index (χ1v) is 8.75. The highest BCUT2D eigenvalue weighted by atomic mass is 19.1. The lowest BCUT2D eigenvalue weighted by Gasteiger charge is -2.34. The second kappa shape index (κ2) is 7.78. The van der Waals surface area contributed by atoms with Crippen molar-refractivity contribution in [2.45, 2.75) is 18.8 Å². The third-order valence-electron chi connectivity index (χ3n) is 4.60. The van der Waals surface area contributed by atoms with Gasteiger partial charge in [0.15, 0.2) is 0 Å². The van der Waals surface area contributed by atoms with E-state index >= 15 is 0 Å². The van der Waals surface area contributed by atoms with Crippen LogP contribution in [0.4, 0.5) is 10.3 Å². The maximum atomic E-state index is 13.3. The molecule has 1 aromatic heterocycles. The van der Waals surface area contributed by atoms with E-state index in [2.05, 4.69) is 9.97 Å². The number of carbonyl (C=O) groups excluding carboxylic acids is 1. The van der Waals surface area contributed by atoms with Crippen LogP contribution in [-0.4, -0.2) is 59.4 Å². The monoisotopic (exact) mass is 357 g/mol. The Balaban J connectivity index is 1.89. The molecule has 0 aliphatic carbocycles. The molecule has 7 heteroatoms. The fourth-order valence-electron chi connectivity index (χ4n) is 3.37. The summed E-state index contributed by atoms with van der Waals surface area (Å²) in [6.07, 6.45) is 3.53. The third kappa shape index (κ3) is 4.16. The van der Waals surface area contributed by atoms with Crippen LogP contribution in [-0.2, 0) is 4.79 Å². The number of likely N-dealkylation sites (N-methyl/N-ethyl adjacent to an activating group) is 1. The lowest BCUT2D eigenvalue weighted by molar-refractivity contribution is -0.133. The van der Waals surface area contributed by atoms with Crippen molar-refractivity contribution >= 4 is 11.9 Å². The van der Waals surface area contributed by atoms with Gasteiger partial charge in [0.1, 0.15) is 5.82 Å². The lowest BCUT2D eigenvalue weighted by atomic mass is 9.90. The SMILES string of the molecule is CN(C)CC(=O)N1CCC[C@H](c2nc(N)ncc2-c2ccc(F)cc2)C1. The summed E-state index contributed by atoms with van der Waals surface area (Å²) in [5, 5.41) is 0. The number of nitrogens with two attached hydrogens (primary N) is 1. The number of aromatic nitrogens is 2. The number of nitrogen functional groups attached to an aromatic ring is 1. The van der Waals surface area contributed by atoms with Gasteiger partial charge in [-0.15, -0.1) is 0 Å². The first-order valence-electron chi connectivity index (χ1n) is 8.75. The molecule has 0 spiro atoms. The van der Waals surface area contributed by atoms with Gasteiger partial charge in [-0.2, -0.15) is 0 Å². The molecule has 1 saturated heterocycles.